The Morgan fingerprint density at radius 3 is 2.50 bits per heavy atom. The fourth-order valence-electron chi connectivity index (χ4n) is 2.27. The van der Waals surface area contributed by atoms with Gasteiger partial charge in [-0.05, 0) is 28.1 Å². The molecule has 0 saturated carbocycles. The van der Waals surface area contributed by atoms with Crippen LogP contribution in [-0.4, -0.2) is 26.6 Å². The third-order valence-electron chi connectivity index (χ3n) is 3.40. The lowest BCUT2D eigenvalue weighted by Gasteiger charge is -2.08. The van der Waals surface area contributed by atoms with Crippen molar-refractivity contribution in [2.45, 2.75) is 0 Å². The molecule has 0 unspecified atom stereocenters. The Morgan fingerprint density at radius 2 is 1.83 bits per heavy atom. The predicted molar refractivity (Wildman–Crippen MR) is 90.4 cm³/mol. The SMILES string of the molecule is Cn1cc(Br)cc1C(=O)NNC(=O)c1n[nH]c(=O)c2ccccc12. The first-order valence-corrected chi connectivity index (χ1v) is 7.66. The van der Waals surface area contributed by atoms with Crippen LogP contribution in [0.5, 0.6) is 0 Å². The average molecular weight is 390 g/mol. The van der Waals surface area contributed by atoms with E-state index < -0.39 is 11.8 Å². The van der Waals surface area contributed by atoms with Gasteiger partial charge in [-0.1, -0.05) is 18.2 Å². The smallest absolute Gasteiger partial charge is 0.290 e. The van der Waals surface area contributed by atoms with Gasteiger partial charge >= 0.3 is 0 Å². The number of fused-ring (bicyclic) bond motifs is 1. The second kappa shape index (κ2) is 6.28. The topological polar surface area (TPSA) is 109 Å². The Morgan fingerprint density at radius 1 is 1.17 bits per heavy atom. The van der Waals surface area contributed by atoms with Crippen LogP contribution in [0.4, 0.5) is 0 Å². The van der Waals surface area contributed by atoms with E-state index in [1.54, 1.807) is 48.1 Å². The maximum atomic E-state index is 12.3. The molecule has 2 amide bonds. The number of hydrogen-bond donors (Lipinski definition) is 3. The molecule has 3 aromatic rings. The van der Waals surface area contributed by atoms with Crippen LogP contribution in [0.1, 0.15) is 21.0 Å². The first-order chi connectivity index (χ1) is 11.5. The minimum absolute atomic E-state index is 0.0126. The highest BCUT2D eigenvalue weighted by molar-refractivity contribution is 9.10. The molecule has 0 spiro atoms. The first kappa shape index (κ1) is 15.9. The highest BCUT2D eigenvalue weighted by Crippen LogP contribution is 2.14. The van der Waals surface area contributed by atoms with E-state index in [1.807, 2.05) is 0 Å². The van der Waals surface area contributed by atoms with Gasteiger partial charge in [0.1, 0.15) is 5.69 Å². The zero-order valence-electron chi connectivity index (χ0n) is 12.5. The summed E-state index contributed by atoms with van der Waals surface area (Å²) in [6.45, 7) is 0. The third kappa shape index (κ3) is 2.93. The van der Waals surface area contributed by atoms with Crippen molar-refractivity contribution in [3.8, 4) is 0 Å². The predicted octanol–water partition coefficient (Wildman–Crippen LogP) is 1.10. The van der Waals surface area contributed by atoms with Crippen molar-refractivity contribution >= 4 is 38.5 Å². The lowest BCUT2D eigenvalue weighted by Crippen LogP contribution is -2.42. The summed E-state index contributed by atoms with van der Waals surface area (Å²) in [5, 5.41) is 6.77. The molecule has 122 valence electrons. The number of aromatic amines is 1. The number of carbonyl (C=O) groups excluding carboxylic acids is 2. The summed E-state index contributed by atoms with van der Waals surface area (Å²) in [7, 11) is 1.71. The molecule has 1 aromatic carbocycles. The van der Waals surface area contributed by atoms with Gasteiger partial charge in [-0.2, -0.15) is 5.10 Å². The molecule has 0 fully saturated rings. The molecule has 0 saturated heterocycles. The summed E-state index contributed by atoms with van der Waals surface area (Å²) in [5.74, 6) is -1.12. The van der Waals surface area contributed by atoms with Crippen molar-refractivity contribution in [1.82, 2.24) is 25.6 Å². The summed E-state index contributed by atoms with van der Waals surface area (Å²) < 4.78 is 2.36. The number of nitrogens with one attached hydrogen (secondary N) is 3. The molecule has 3 rings (SSSR count). The third-order valence-corrected chi connectivity index (χ3v) is 3.84. The number of nitrogens with zero attached hydrogens (tertiary/aromatic N) is 2. The van der Waals surface area contributed by atoms with Crippen molar-refractivity contribution in [3.05, 3.63) is 62.7 Å². The van der Waals surface area contributed by atoms with Gasteiger partial charge in [0.2, 0.25) is 0 Å². The van der Waals surface area contributed by atoms with Crippen LogP contribution in [-0.2, 0) is 7.05 Å². The number of carbonyl (C=O) groups is 2. The molecule has 2 aromatic heterocycles. The van der Waals surface area contributed by atoms with Crippen LogP contribution in [0.3, 0.4) is 0 Å². The Balaban J connectivity index is 1.81. The van der Waals surface area contributed by atoms with E-state index in [0.717, 1.165) is 4.47 Å². The summed E-state index contributed by atoms with van der Waals surface area (Å²) in [6.07, 6.45) is 1.72. The number of hydrazine groups is 1. The lowest BCUT2D eigenvalue weighted by atomic mass is 10.1. The maximum absolute atomic E-state index is 12.3. The lowest BCUT2D eigenvalue weighted by molar-refractivity contribution is 0.0840. The van der Waals surface area contributed by atoms with Crippen molar-refractivity contribution in [1.29, 1.82) is 0 Å². The van der Waals surface area contributed by atoms with E-state index in [1.165, 1.54) is 0 Å². The Labute approximate surface area is 144 Å². The minimum Gasteiger partial charge on any atom is -0.345 e. The number of benzene rings is 1. The van der Waals surface area contributed by atoms with Gasteiger partial charge in [0.05, 0.1) is 5.39 Å². The number of rotatable bonds is 2. The molecule has 0 radical (unpaired) electrons. The van der Waals surface area contributed by atoms with Gasteiger partial charge < -0.3 is 4.57 Å². The van der Waals surface area contributed by atoms with Crippen molar-refractivity contribution in [2.24, 2.45) is 7.05 Å². The zero-order valence-corrected chi connectivity index (χ0v) is 14.0. The summed E-state index contributed by atoms with van der Waals surface area (Å²) in [6, 6.07) is 8.21. The van der Waals surface area contributed by atoms with E-state index in [-0.39, 0.29) is 11.3 Å². The Kier molecular flexibility index (Phi) is 4.17. The van der Waals surface area contributed by atoms with E-state index in [0.29, 0.717) is 16.5 Å². The highest BCUT2D eigenvalue weighted by atomic mass is 79.9. The second-order valence-electron chi connectivity index (χ2n) is 5.01. The number of H-pyrrole nitrogens is 1. The summed E-state index contributed by atoms with van der Waals surface area (Å²) in [5.41, 5.74) is 4.60. The van der Waals surface area contributed by atoms with E-state index >= 15 is 0 Å². The molecule has 8 nitrogen and oxygen atoms in total. The number of aromatic nitrogens is 3. The largest absolute Gasteiger partial charge is 0.345 e. The van der Waals surface area contributed by atoms with Gasteiger partial charge in [-0.3, -0.25) is 25.2 Å². The maximum Gasteiger partial charge on any atom is 0.290 e. The number of aryl methyl sites for hydroxylation is 1. The van der Waals surface area contributed by atoms with Gasteiger partial charge in [-0.25, -0.2) is 5.10 Å². The molecule has 0 aliphatic carbocycles. The Bertz CT molecular complexity index is 1010. The van der Waals surface area contributed by atoms with Crippen LogP contribution >= 0.6 is 15.9 Å². The summed E-state index contributed by atoms with van der Waals surface area (Å²) in [4.78, 5) is 36.1. The average Bonchev–Trinajstić information content (AvgIpc) is 2.91. The fourth-order valence-corrected chi connectivity index (χ4v) is 2.80. The molecule has 0 aliphatic heterocycles. The Hall–Kier alpha value is -2.94. The second-order valence-corrected chi connectivity index (χ2v) is 5.93. The molecule has 2 heterocycles. The van der Waals surface area contributed by atoms with Crippen molar-refractivity contribution in [3.63, 3.8) is 0 Å². The normalized spacial score (nSPS) is 10.6. The van der Waals surface area contributed by atoms with Gasteiger partial charge in [0.15, 0.2) is 5.69 Å². The quantitative estimate of drug-likeness (QED) is 0.570. The molecule has 24 heavy (non-hydrogen) atoms. The van der Waals surface area contributed by atoms with Gasteiger partial charge in [0, 0.05) is 23.1 Å². The first-order valence-electron chi connectivity index (χ1n) is 6.87. The highest BCUT2D eigenvalue weighted by Gasteiger charge is 2.16. The van der Waals surface area contributed by atoms with Crippen LogP contribution in [0.25, 0.3) is 10.8 Å². The molecule has 0 atom stereocenters. The molecular formula is C15H12BrN5O3. The van der Waals surface area contributed by atoms with Gasteiger partial charge in [0.25, 0.3) is 17.4 Å². The minimum atomic E-state index is -0.635. The fraction of sp³-hybridized carbons (Fsp3) is 0.0667. The summed E-state index contributed by atoms with van der Waals surface area (Å²) >= 11 is 3.27. The van der Waals surface area contributed by atoms with Crippen LogP contribution in [0, 0.1) is 0 Å². The van der Waals surface area contributed by atoms with E-state index in [4.69, 9.17) is 0 Å². The molecule has 3 N–H and O–H groups in total. The van der Waals surface area contributed by atoms with E-state index in [9.17, 15) is 14.4 Å². The van der Waals surface area contributed by atoms with Crippen LogP contribution in [0.2, 0.25) is 0 Å². The van der Waals surface area contributed by atoms with Gasteiger partial charge in [-0.15, -0.1) is 0 Å². The molecule has 0 aliphatic rings. The molecule has 9 heteroatoms. The number of amides is 2. The standard InChI is InChI=1S/C15H12BrN5O3/c1-21-7-8(16)6-11(21)14(23)19-20-15(24)12-9-4-2-3-5-10(9)13(22)18-17-12/h2-7H,1H3,(H,18,22)(H,19,23)(H,20,24). The molecular weight excluding hydrogens is 378 g/mol. The van der Waals surface area contributed by atoms with Crippen LogP contribution < -0.4 is 16.4 Å². The van der Waals surface area contributed by atoms with E-state index in [2.05, 4.69) is 37.0 Å². The molecule has 0 bridgehead atoms. The monoisotopic (exact) mass is 389 g/mol. The van der Waals surface area contributed by atoms with Crippen molar-refractivity contribution < 1.29 is 9.59 Å². The van der Waals surface area contributed by atoms with Crippen molar-refractivity contribution in [2.75, 3.05) is 0 Å². The number of halogens is 1. The van der Waals surface area contributed by atoms with Crippen LogP contribution in [0.15, 0.2) is 45.8 Å². The zero-order chi connectivity index (χ0) is 17.3. The number of hydrogen-bond acceptors (Lipinski definition) is 4.